The molecule has 2 rings (SSSR count). The highest BCUT2D eigenvalue weighted by Gasteiger charge is 2.30. The third-order valence-electron chi connectivity index (χ3n) is 3.71. The van der Waals surface area contributed by atoms with E-state index in [2.05, 4.69) is 4.90 Å². The van der Waals surface area contributed by atoms with Gasteiger partial charge in [0, 0.05) is 12.5 Å². The highest BCUT2D eigenvalue weighted by molar-refractivity contribution is 5.66. The summed E-state index contributed by atoms with van der Waals surface area (Å²) in [7, 11) is 0. The second kappa shape index (κ2) is 4.97. The van der Waals surface area contributed by atoms with Gasteiger partial charge in [-0.2, -0.15) is 0 Å². The third kappa shape index (κ3) is 3.49. The van der Waals surface area contributed by atoms with Crippen molar-refractivity contribution in [2.24, 2.45) is 5.92 Å². The smallest absolute Gasteiger partial charge is 0.303 e. The maximum atomic E-state index is 10.5. The summed E-state index contributed by atoms with van der Waals surface area (Å²) in [5.41, 5.74) is 0. The third-order valence-corrected chi connectivity index (χ3v) is 3.71. The lowest BCUT2D eigenvalue weighted by Gasteiger charge is -2.19. The van der Waals surface area contributed by atoms with Crippen LogP contribution in [0.1, 0.15) is 44.9 Å². The minimum absolute atomic E-state index is 0.355. The molecule has 1 aliphatic carbocycles. The Kier molecular flexibility index (Phi) is 3.62. The number of hydrogen-bond acceptors (Lipinski definition) is 2. The lowest BCUT2D eigenvalue weighted by Crippen LogP contribution is -2.26. The Balaban J connectivity index is 1.71. The van der Waals surface area contributed by atoms with Gasteiger partial charge in [0.2, 0.25) is 0 Å². The largest absolute Gasteiger partial charge is 0.481 e. The van der Waals surface area contributed by atoms with E-state index in [1.165, 1.54) is 45.2 Å². The molecule has 0 bridgehead atoms. The van der Waals surface area contributed by atoms with Crippen LogP contribution in [0.25, 0.3) is 0 Å². The highest BCUT2D eigenvalue weighted by Crippen LogP contribution is 2.31. The molecule has 0 aromatic heterocycles. The van der Waals surface area contributed by atoms with Gasteiger partial charge in [-0.05, 0) is 57.5 Å². The van der Waals surface area contributed by atoms with Crippen LogP contribution in [0.2, 0.25) is 0 Å². The van der Waals surface area contributed by atoms with E-state index >= 15 is 0 Å². The van der Waals surface area contributed by atoms with Crippen molar-refractivity contribution in [3.8, 4) is 0 Å². The molecule has 86 valence electrons. The number of aliphatic carboxylic acids is 1. The molecule has 3 heteroatoms. The monoisotopic (exact) mass is 211 g/mol. The molecule has 1 N–H and O–H groups in total. The van der Waals surface area contributed by atoms with Crippen molar-refractivity contribution in [2.75, 3.05) is 13.1 Å². The maximum absolute atomic E-state index is 10.5. The number of rotatable bonds is 4. The van der Waals surface area contributed by atoms with Crippen molar-refractivity contribution in [3.05, 3.63) is 0 Å². The van der Waals surface area contributed by atoms with E-state index in [1.807, 2.05) is 0 Å². The first-order chi connectivity index (χ1) is 7.25. The number of carboxylic acid groups (broad SMARTS) is 1. The zero-order valence-electron chi connectivity index (χ0n) is 9.32. The van der Waals surface area contributed by atoms with E-state index in [4.69, 9.17) is 5.11 Å². The van der Waals surface area contributed by atoms with Crippen molar-refractivity contribution in [2.45, 2.75) is 51.0 Å². The molecule has 15 heavy (non-hydrogen) atoms. The summed E-state index contributed by atoms with van der Waals surface area (Å²) in [5.74, 6) is 0.0168. The molecule has 2 aliphatic rings. The number of hydrogen-bond donors (Lipinski definition) is 1. The number of nitrogens with zero attached hydrogens (tertiary/aromatic N) is 1. The topological polar surface area (TPSA) is 40.5 Å². The summed E-state index contributed by atoms with van der Waals surface area (Å²) >= 11 is 0. The fraction of sp³-hybridized carbons (Fsp3) is 0.917. The fourth-order valence-electron chi connectivity index (χ4n) is 2.61. The van der Waals surface area contributed by atoms with Crippen LogP contribution in [0.3, 0.4) is 0 Å². The highest BCUT2D eigenvalue weighted by atomic mass is 16.4. The van der Waals surface area contributed by atoms with Crippen LogP contribution in [0.15, 0.2) is 0 Å². The maximum Gasteiger partial charge on any atom is 0.303 e. The molecular formula is C12H21NO2. The molecule has 0 radical (unpaired) electrons. The van der Waals surface area contributed by atoms with Crippen molar-refractivity contribution in [1.29, 1.82) is 0 Å². The van der Waals surface area contributed by atoms with Crippen molar-refractivity contribution >= 4 is 5.97 Å². The summed E-state index contributed by atoms with van der Waals surface area (Å²) in [6, 6.07) is 0.878. The Morgan fingerprint density at radius 3 is 2.67 bits per heavy atom. The molecule has 1 unspecified atom stereocenters. The molecule has 1 saturated carbocycles. The summed E-state index contributed by atoms with van der Waals surface area (Å²) in [6.07, 6.45) is 7.72. The van der Waals surface area contributed by atoms with Crippen LogP contribution in [0.5, 0.6) is 0 Å². The quantitative estimate of drug-likeness (QED) is 0.774. The Hall–Kier alpha value is -0.570. The second-order valence-electron chi connectivity index (χ2n) is 5.00. The van der Waals surface area contributed by atoms with Gasteiger partial charge in [-0.1, -0.05) is 0 Å². The molecule has 0 amide bonds. The van der Waals surface area contributed by atoms with Crippen molar-refractivity contribution < 1.29 is 9.90 Å². The van der Waals surface area contributed by atoms with Crippen molar-refractivity contribution in [3.63, 3.8) is 0 Å². The fourth-order valence-corrected chi connectivity index (χ4v) is 2.61. The summed E-state index contributed by atoms with van der Waals surface area (Å²) < 4.78 is 0. The molecule has 2 fully saturated rings. The Morgan fingerprint density at radius 1 is 1.20 bits per heavy atom. The van der Waals surface area contributed by atoms with E-state index in [1.54, 1.807) is 0 Å². The molecule has 0 aromatic carbocycles. The average Bonchev–Trinajstić information content (AvgIpc) is 3.01. The zero-order chi connectivity index (χ0) is 10.7. The lowest BCUT2D eigenvalue weighted by molar-refractivity contribution is -0.137. The van der Waals surface area contributed by atoms with E-state index < -0.39 is 5.97 Å². The molecule has 1 saturated heterocycles. The Morgan fingerprint density at radius 2 is 2.00 bits per heavy atom. The van der Waals surface area contributed by atoms with Gasteiger partial charge in [-0.25, -0.2) is 0 Å². The first kappa shape index (κ1) is 10.9. The van der Waals surface area contributed by atoms with Crippen LogP contribution in [-0.4, -0.2) is 35.1 Å². The standard InChI is InChI=1S/C12H21NO2/c14-12(15)6-3-10-2-1-8-13(9-7-10)11-4-5-11/h10-11H,1-9H2,(H,14,15). The van der Waals surface area contributed by atoms with E-state index in [9.17, 15) is 4.79 Å². The first-order valence-corrected chi connectivity index (χ1v) is 6.21. The second-order valence-corrected chi connectivity index (χ2v) is 5.00. The minimum atomic E-state index is -0.640. The van der Waals surface area contributed by atoms with Gasteiger partial charge in [0.05, 0.1) is 0 Å². The number of likely N-dealkylation sites (tertiary alicyclic amines) is 1. The van der Waals surface area contributed by atoms with Crippen LogP contribution in [0, 0.1) is 5.92 Å². The number of carboxylic acids is 1. The van der Waals surface area contributed by atoms with Crippen LogP contribution in [0.4, 0.5) is 0 Å². The first-order valence-electron chi connectivity index (χ1n) is 6.21. The SMILES string of the molecule is O=C(O)CCC1CCCN(C2CC2)CC1. The van der Waals surface area contributed by atoms with Gasteiger partial charge in [0.25, 0.3) is 0 Å². The van der Waals surface area contributed by atoms with E-state index in [0.29, 0.717) is 12.3 Å². The predicted octanol–water partition coefficient (Wildman–Crippen LogP) is 2.12. The molecule has 0 spiro atoms. The van der Waals surface area contributed by atoms with Gasteiger partial charge < -0.3 is 10.0 Å². The van der Waals surface area contributed by atoms with E-state index in [0.717, 1.165) is 12.5 Å². The summed E-state index contributed by atoms with van der Waals surface area (Å²) in [6.45, 7) is 2.45. The predicted molar refractivity (Wildman–Crippen MR) is 58.8 cm³/mol. The average molecular weight is 211 g/mol. The molecule has 0 aromatic rings. The lowest BCUT2D eigenvalue weighted by atomic mass is 9.95. The van der Waals surface area contributed by atoms with Gasteiger partial charge >= 0.3 is 5.97 Å². The number of carbonyl (C=O) groups is 1. The molecule has 1 atom stereocenters. The molecule has 1 heterocycles. The molecule has 1 aliphatic heterocycles. The van der Waals surface area contributed by atoms with Crippen molar-refractivity contribution in [1.82, 2.24) is 4.90 Å². The van der Waals surface area contributed by atoms with Gasteiger partial charge in [-0.15, -0.1) is 0 Å². The Labute approximate surface area is 91.5 Å². The molecular weight excluding hydrogens is 190 g/mol. The summed E-state index contributed by atoms with van der Waals surface area (Å²) in [5, 5.41) is 8.65. The van der Waals surface area contributed by atoms with Gasteiger partial charge in [-0.3, -0.25) is 4.79 Å². The molecule has 3 nitrogen and oxygen atoms in total. The van der Waals surface area contributed by atoms with Crippen LogP contribution >= 0.6 is 0 Å². The van der Waals surface area contributed by atoms with Gasteiger partial charge in [0.15, 0.2) is 0 Å². The zero-order valence-corrected chi connectivity index (χ0v) is 9.32. The summed E-state index contributed by atoms with van der Waals surface area (Å²) in [4.78, 5) is 13.1. The van der Waals surface area contributed by atoms with E-state index in [-0.39, 0.29) is 0 Å². The van der Waals surface area contributed by atoms with Gasteiger partial charge in [0.1, 0.15) is 0 Å². The Bertz CT molecular complexity index is 226. The minimum Gasteiger partial charge on any atom is -0.481 e. The normalized spacial score (nSPS) is 28.7. The van der Waals surface area contributed by atoms with Crippen LogP contribution in [-0.2, 0) is 4.79 Å². The van der Waals surface area contributed by atoms with Crippen LogP contribution < -0.4 is 0 Å².